The van der Waals surface area contributed by atoms with Crippen LogP contribution in [-0.2, 0) is 14.4 Å². The molecule has 3 aliphatic heterocycles. The Morgan fingerprint density at radius 1 is 0.875 bits per heavy atom. The molecule has 172 valence electrons. The van der Waals surface area contributed by atoms with Crippen molar-refractivity contribution in [1.29, 1.82) is 0 Å². The van der Waals surface area contributed by atoms with Gasteiger partial charge in [-0.05, 0) is 37.8 Å². The minimum atomic E-state index is -0.551. The van der Waals surface area contributed by atoms with Gasteiger partial charge in [0.05, 0.1) is 12.1 Å². The molecular formula is C25H33N3O4. The zero-order valence-corrected chi connectivity index (χ0v) is 18.7. The number of hydrogen-bond donors (Lipinski definition) is 1. The molecule has 1 aromatic carbocycles. The summed E-state index contributed by atoms with van der Waals surface area (Å²) >= 11 is 0. The van der Waals surface area contributed by atoms with E-state index in [0.29, 0.717) is 62.8 Å². The van der Waals surface area contributed by atoms with Gasteiger partial charge in [0, 0.05) is 50.9 Å². The number of piperidine rings is 2. The molecule has 0 bridgehead atoms. The van der Waals surface area contributed by atoms with Crippen LogP contribution in [0.25, 0.3) is 0 Å². The summed E-state index contributed by atoms with van der Waals surface area (Å²) in [6.07, 6.45) is 7.51. The summed E-state index contributed by atoms with van der Waals surface area (Å²) in [6, 6.07) is 7.54. The number of carbonyl (C=O) groups is 3. The van der Waals surface area contributed by atoms with Crippen LogP contribution in [0.4, 0.5) is 5.69 Å². The summed E-state index contributed by atoms with van der Waals surface area (Å²) in [5, 5.41) is 2.94. The van der Waals surface area contributed by atoms with E-state index >= 15 is 0 Å². The van der Waals surface area contributed by atoms with E-state index in [2.05, 4.69) is 5.32 Å². The van der Waals surface area contributed by atoms with Crippen molar-refractivity contribution in [3.05, 3.63) is 24.3 Å². The Labute approximate surface area is 189 Å². The minimum Gasteiger partial charge on any atom is -0.484 e. The van der Waals surface area contributed by atoms with Gasteiger partial charge < -0.3 is 19.9 Å². The molecule has 7 nitrogen and oxygen atoms in total. The third-order valence-corrected chi connectivity index (χ3v) is 7.82. The molecule has 32 heavy (non-hydrogen) atoms. The molecule has 3 heterocycles. The van der Waals surface area contributed by atoms with E-state index in [-0.39, 0.29) is 23.7 Å². The van der Waals surface area contributed by atoms with Crippen LogP contribution >= 0.6 is 0 Å². The normalized spacial score (nSPS) is 23.9. The minimum absolute atomic E-state index is 0.00393. The summed E-state index contributed by atoms with van der Waals surface area (Å²) in [5.74, 6) is 1.38. The number of fused-ring (bicyclic) bond motifs is 1. The van der Waals surface area contributed by atoms with Gasteiger partial charge in [0.15, 0.2) is 0 Å². The Hall–Kier alpha value is -2.57. The molecule has 1 aliphatic carbocycles. The molecule has 2 saturated heterocycles. The maximum Gasteiger partial charge on any atom is 0.228 e. The summed E-state index contributed by atoms with van der Waals surface area (Å²) < 4.78 is 6.35. The number of nitrogens with zero attached hydrogens (tertiary/aromatic N) is 2. The van der Waals surface area contributed by atoms with Crippen LogP contribution in [0.15, 0.2) is 24.3 Å². The van der Waals surface area contributed by atoms with E-state index in [9.17, 15) is 14.4 Å². The molecule has 1 aromatic rings. The van der Waals surface area contributed by atoms with Gasteiger partial charge in [-0.3, -0.25) is 14.4 Å². The highest BCUT2D eigenvalue weighted by molar-refractivity contribution is 5.93. The number of nitrogens with one attached hydrogen (secondary N) is 1. The van der Waals surface area contributed by atoms with Crippen LogP contribution in [0, 0.1) is 11.8 Å². The van der Waals surface area contributed by atoms with Crippen LogP contribution in [0.3, 0.4) is 0 Å². The second-order valence-electron chi connectivity index (χ2n) is 9.91. The molecule has 1 N–H and O–H groups in total. The predicted molar refractivity (Wildman–Crippen MR) is 120 cm³/mol. The van der Waals surface area contributed by atoms with E-state index in [1.54, 1.807) is 0 Å². The fourth-order valence-electron chi connectivity index (χ4n) is 5.86. The Kier molecular flexibility index (Phi) is 5.82. The lowest BCUT2D eigenvalue weighted by Crippen LogP contribution is -2.53. The number of anilines is 1. The third-order valence-electron chi connectivity index (χ3n) is 7.82. The van der Waals surface area contributed by atoms with Crippen LogP contribution < -0.4 is 10.1 Å². The Bertz CT molecular complexity index is 879. The van der Waals surface area contributed by atoms with Crippen molar-refractivity contribution in [2.75, 3.05) is 31.5 Å². The highest BCUT2D eigenvalue weighted by Gasteiger charge is 2.43. The largest absolute Gasteiger partial charge is 0.484 e. The molecule has 1 saturated carbocycles. The first kappa shape index (κ1) is 21.3. The zero-order chi connectivity index (χ0) is 22.1. The zero-order valence-electron chi connectivity index (χ0n) is 18.7. The average molecular weight is 440 g/mol. The van der Waals surface area contributed by atoms with Crippen molar-refractivity contribution in [3.63, 3.8) is 0 Å². The molecule has 7 heteroatoms. The second-order valence-corrected chi connectivity index (χ2v) is 9.91. The first-order valence-electron chi connectivity index (χ1n) is 12.2. The van der Waals surface area contributed by atoms with E-state index in [1.165, 1.54) is 12.8 Å². The molecule has 0 unspecified atom stereocenters. The van der Waals surface area contributed by atoms with Gasteiger partial charge in [0.25, 0.3) is 0 Å². The Balaban J connectivity index is 1.16. The van der Waals surface area contributed by atoms with Gasteiger partial charge in [-0.25, -0.2) is 0 Å². The molecule has 0 aromatic heterocycles. The smallest absolute Gasteiger partial charge is 0.228 e. The van der Waals surface area contributed by atoms with E-state index in [1.807, 2.05) is 34.1 Å². The van der Waals surface area contributed by atoms with Crippen molar-refractivity contribution in [1.82, 2.24) is 9.80 Å². The van der Waals surface area contributed by atoms with Gasteiger partial charge >= 0.3 is 0 Å². The van der Waals surface area contributed by atoms with Gasteiger partial charge in [0.2, 0.25) is 17.7 Å². The summed E-state index contributed by atoms with van der Waals surface area (Å²) in [6.45, 7) is 2.61. The number of ether oxygens (including phenoxy) is 1. The molecule has 5 rings (SSSR count). The molecule has 0 radical (unpaired) electrons. The Morgan fingerprint density at radius 3 is 2.16 bits per heavy atom. The fourth-order valence-corrected chi connectivity index (χ4v) is 5.86. The average Bonchev–Trinajstić information content (AvgIpc) is 3.30. The maximum absolute atomic E-state index is 13.2. The number of carbonyl (C=O) groups excluding carboxylic acids is 3. The number of para-hydroxylation sites is 2. The summed E-state index contributed by atoms with van der Waals surface area (Å²) in [7, 11) is 0. The van der Waals surface area contributed by atoms with E-state index in [0.717, 1.165) is 25.7 Å². The number of hydrogen-bond acceptors (Lipinski definition) is 4. The lowest BCUT2D eigenvalue weighted by Gasteiger charge is -2.42. The van der Waals surface area contributed by atoms with Crippen molar-refractivity contribution >= 4 is 23.4 Å². The lowest BCUT2D eigenvalue weighted by atomic mass is 9.86. The summed E-state index contributed by atoms with van der Waals surface area (Å²) in [4.78, 5) is 42.3. The van der Waals surface area contributed by atoms with Crippen LogP contribution in [0.1, 0.15) is 57.8 Å². The molecule has 1 spiro atoms. The maximum atomic E-state index is 13.2. The number of benzene rings is 1. The molecule has 0 atom stereocenters. The molecule has 3 fully saturated rings. The topological polar surface area (TPSA) is 79.0 Å². The quantitative estimate of drug-likeness (QED) is 0.768. The van der Waals surface area contributed by atoms with Crippen molar-refractivity contribution in [3.8, 4) is 5.75 Å². The van der Waals surface area contributed by atoms with Crippen molar-refractivity contribution in [2.45, 2.75) is 63.4 Å². The van der Waals surface area contributed by atoms with Crippen LogP contribution in [-0.4, -0.2) is 59.3 Å². The SMILES string of the molecule is O=C1CC2(CCN(C(=O)C3CCN(C(=O)C4CCCC4)CC3)CC2)Oc2ccccc2N1. The van der Waals surface area contributed by atoms with Gasteiger partial charge in [-0.1, -0.05) is 25.0 Å². The number of amides is 3. The fraction of sp³-hybridized carbons (Fsp3) is 0.640. The highest BCUT2D eigenvalue weighted by Crippen LogP contribution is 2.39. The van der Waals surface area contributed by atoms with E-state index in [4.69, 9.17) is 4.74 Å². The predicted octanol–water partition coefficient (Wildman–Crippen LogP) is 3.20. The first-order valence-corrected chi connectivity index (χ1v) is 12.2. The molecular weight excluding hydrogens is 406 g/mol. The van der Waals surface area contributed by atoms with Gasteiger partial charge in [-0.2, -0.15) is 0 Å². The lowest BCUT2D eigenvalue weighted by molar-refractivity contribution is -0.145. The molecule has 4 aliphatic rings. The highest BCUT2D eigenvalue weighted by atomic mass is 16.5. The number of rotatable bonds is 2. The summed E-state index contributed by atoms with van der Waals surface area (Å²) in [5.41, 5.74) is 0.164. The first-order chi connectivity index (χ1) is 15.5. The number of likely N-dealkylation sites (tertiary alicyclic amines) is 2. The van der Waals surface area contributed by atoms with Crippen LogP contribution in [0.2, 0.25) is 0 Å². The molecule has 3 amide bonds. The monoisotopic (exact) mass is 439 g/mol. The van der Waals surface area contributed by atoms with Crippen molar-refractivity contribution < 1.29 is 19.1 Å². The van der Waals surface area contributed by atoms with Crippen LogP contribution in [0.5, 0.6) is 5.75 Å². The van der Waals surface area contributed by atoms with Gasteiger partial charge in [-0.15, -0.1) is 0 Å². The second kappa shape index (κ2) is 8.75. The van der Waals surface area contributed by atoms with Gasteiger partial charge in [0.1, 0.15) is 11.4 Å². The Morgan fingerprint density at radius 2 is 1.47 bits per heavy atom. The standard InChI is InChI=1S/C25H33N3O4/c29-22-17-25(32-21-8-4-3-7-20(21)26-22)11-15-28(16-12-25)24(31)19-9-13-27(14-10-19)23(30)18-5-1-2-6-18/h3-4,7-8,18-19H,1-2,5-6,9-17H2,(H,26,29). The van der Waals surface area contributed by atoms with E-state index < -0.39 is 5.60 Å². The van der Waals surface area contributed by atoms with Crippen molar-refractivity contribution in [2.24, 2.45) is 11.8 Å². The third kappa shape index (κ3) is 4.21.